The van der Waals surface area contributed by atoms with Gasteiger partial charge in [0.1, 0.15) is 5.82 Å². The minimum Gasteiger partial charge on any atom is -0.382 e. The third kappa shape index (κ3) is 4.21. The van der Waals surface area contributed by atoms with Gasteiger partial charge in [0.05, 0.1) is 0 Å². The average Bonchev–Trinajstić information content (AvgIpc) is 2.28. The van der Waals surface area contributed by atoms with Gasteiger partial charge in [0.15, 0.2) is 0 Å². The first-order valence-corrected chi connectivity index (χ1v) is 6.17. The van der Waals surface area contributed by atoms with Gasteiger partial charge < -0.3 is 5.32 Å². The van der Waals surface area contributed by atoms with E-state index < -0.39 is 0 Å². The molecule has 0 fully saturated rings. The zero-order chi connectivity index (χ0) is 12.0. The Morgan fingerprint density at radius 2 is 2.00 bits per heavy atom. The van der Waals surface area contributed by atoms with E-state index >= 15 is 0 Å². The third-order valence-electron chi connectivity index (χ3n) is 3.07. The fraction of sp³-hybridized carbons (Fsp3) is 0.571. The topological polar surface area (TPSA) is 12.0 Å². The van der Waals surface area contributed by atoms with Gasteiger partial charge in [0, 0.05) is 11.7 Å². The van der Waals surface area contributed by atoms with Crippen LogP contribution in [0.5, 0.6) is 0 Å². The lowest BCUT2D eigenvalue weighted by Crippen LogP contribution is -2.21. The number of rotatable bonds is 6. The Hall–Kier alpha value is -1.05. The van der Waals surface area contributed by atoms with E-state index in [0.29, 0.717) is 12.0 Å². The average molecular weight is 223 g/mol. The molecule has 0 aliphatic rings. The van der Waals surface area contributed by atoms with Crippen LogP contribution in [-0.2, 0) is 0 Å². The zero-order valence-corrected chi connectivity index (χ0v) is 10.5. The summed E-state index contributed by atoms with van der Waals surface area (Å²) in [4.78, 5) is 0. The van der Waals surface area contributed by atoms with Crippen LogP contribution in [-0.4, -0.2) is 6.04 Å². The van der Waals surface area contributed by atoms with Crippen LogP contribution in [0.25, 0.3) is 0 Å². The standard InChI is InChI=1S/C14H22FN/c1-4-11(3)9-13(5-2)16-14-8-6-7-12(15)10-14/h6-8,10-11,13,16H,4-5,9H2,1-3H3. The molecule has 2 atom stereocenters. The molecule has 1 nitrogen and oxygen atoms in total. The van der Waals surface area contributed by atoms with Crippen LogP contribution in [0, 0.1) is 11.7 Å². The zero-order valence-electron chi connectivity index (χ0n) is 10.5. The third-order valence-corrected chi connectivity index (χ3v) is 3.07. The van der Waals surface area contributed by atoms with Crippen LogP contribution < -0.4 is 5.32 Å². The van der Waals surface area contributed by atoms with E-state index in [1.54, 1.807) is 12.1 Å². The van der Waals surface area contributed by atoms with Crippen LogP contribution in [0.3, 0.4) is 0 Å². The van der Waals surface area contributed by atoms with Crippen LogP contribution in [0.15, 0.2) is 24.3 Å². The minimum atomic E-state index is -0.177. The van der Waals surface area contributed by atoms with Crippen molar-refractivity contribution < 1.29 is 4.39 Å². The Morgan fingerprint density at radius 3 is 2.56 bits per heavy atom. The lowest BCUT2D eigenvalue weighted by molar-refractivity contribution is 0.461. The van der Waals surface area contributed by atoms with E-state index in [0.717, 1.165) is 18.5 Å². The first-order valence-electron chi connectivity index (χ1n) is 6.17. The second-order valence-electron chi connectivity index (χ2n) is 4.51. The van der Waals surface area contributed by atoms with Crippen LogP contribution in [0.1, 0.15) is 40.0 Å². The molecule has 1 aromatic carbocycles. The summed E-state index contributed by atoms with van der Waals surface area (Å²) < 4.78 is 13.0. The van der Waals surface area contributed by atoms with Gasteiger partial charge in [-0.1, -0.05) is 33.3 Å². The fourth-order valence-corrected chi connectivity index (χ4v) is 1.79. The van der Waals surface area contributed by atoms with E-state index in [1.807, 2.05) is 6.07 Å². The van der Waals surface area contributed by atoms with Gasteiger partial charge in [-0.15, -0.1) is 0 Å². The molecule has 0 saturated heterocycles. The van der Waals surface area contributed by atoms with E-state index in [4.69, 9.17) is 0 Å². The second-order valence-corrected chi connectivity index (χ2v) is 4.51. The molecule has 0 saturated carbocycles. The Balaban J connectivity index is 2.56. The number of anilines is 1. The highest BCUT2D eigenvalue weighted by Crippen LogP contribution is 2.17. The number of benzene rings is 1. The van der Waals surface area contributed by atoms with Gasteiger partial charge in [-0.25, -0.2) is 4.39 Å². The summed E-state index contributed by atoms with van der Waals surface area (Å²) in [6, 6.07) is 7.13. The number of hydrogen-bond donors (Lipinski definition) is 1. The number of nitrogens with one attached hydrogen (secondary N) is 1. The Kier molecular flexibility index (Phi) is 5.30. The lowest BCUT2D eigenvalue weighted by atomic mass is 9.97. The number of halogens is 1. The molecule has 0 bridgehead atoms. The quantitative estimate of drug-likeness (QED) is 0.751. The molecule has 2 unspecified atom stereocenters. The monoisotopic (exact) mass is 223 g/mol. The van der Waals surface area contributed by atoms with Crippen LogP contribution in [0.4, 0.5) is 10.1 Å². The minimum absolute atomic E-state index is 0.177. The number of hydrogen-bond acceptors (Lipinski definition) is 1. The molecular formula is C14H22FN. The van der Waals surface area contributed by atoms with Gasteiger partial charge >= 0.3 is 0 Å². The van der Waals surface area contributed by atoms with Gasteiger partial charge in [0.2, 0.25) is 0 Å². The molecule has 0 aliphatic carbocycles. The maximum absolute atomic E-state index is 13.0. The van der Waals surface area contributed by atoms with Crippen molar-refractivity contribution in [2.24, 2.45) is 5.92 Å². The molecule has 0 spiro atoms. The molecule has 16 heavy (non-hydrogen) atoms. The van der Waals surface area contributed by atoms with Crippen molar-refractivity contribution in [2.45, 2.75) is 46.1 Å². The first-order chi connectivity index (χ1) is 7.65. The summed E-state index contributed by atoms with van der Waals surface area (Å²) >= 11 is 0. The smallest absolute Gasteiger partial charge is 0.125 e. The van der Waals surface area contributed by atoms with E-state index in [9.17, 15) is 4.39 Å². The predicted octanol–water partition coefficient (Wildman–Crippen LogP) is 4.45. The summed E-state index contributed by atoms with van der Waals surface area (Å²) in [5.41, 5.74) is 0.884. The molecule has 1 rings (SSSR count). The summed E-state index contributed by atoms with van der Waals surface area (Å²) in [5.74, 6) is 0.536. The lowest BCUT2D eigenvalue weighted by Gasteiger charge is -2.21. The van der Waals surface area contributed by atoms with E-state index in [1.165, 1.54) is 12.5 Å². The maximum atomic E-state index is 13.0. The van der Waals surface area contributed by atoms with E-state index in [-0.39, 0.29) is 5.82 Å². The van der Waals surface area contributed by atoms with Crippen molar-refractivity contribution in [3.8, 4) is 0 Å². The van der Waals surface area contributed by atoms with Crippen molar-refractivity contribution in [1.82, 2.24) is 0 Å². The van der Waals surface area contributed by atoms with Gasteiger partial charge in [-0.3, -0.25) is 0 Å². The van der Waals surface area contributed by atoms with E-state index in [2.05, 4.69) is 26.1 Å². The molecule has 2 heteroatoms. The highest BCUT2D eigenvalue weighted by molar-refractivity contribution is 5.43. The Morgan fingerprint density at radius 1 is 1.25 bits per heavy atom. The highest BCUT2D eigenvalue weighted by atomic mass is 19.1. The molecule has 0 radical (unpaired) electrons. The predicted molar refractivity (Wildman–Crippen MR) is 68.2 cm³/mol. The summed E-state index contributed by atoms with van der Waals surface area (Å²) in [6.07, 6.45) is 3.41. The summed E-state index contributed by atoms with van der Waals surface area (Å²) in [7, 11) is 0. The second kappa shape index (κ2) is 6.51. The first kappa shape index (κ1) is 13.0. The van der Waals surface area contributed by atoms with Gasteiger partial charge in [-0.05, 0) is 37.0 Å². The van der Waals surface area contributed by atoms with Crippen molar-refractivity contribution in [1.29, 1.82) is 0 Å². The maximum Gasteiger partial charge on any atom is 0.125 e. The van der Waals surface area contributed by atoms with Gasteiger partial charge in [0.25, 0.3) is 0 Å². The van der Waals surface area contributed by atoms with Gasteiger partial charge in [-0.2, -0.15) is 0 Å². The van der Waals surface area contributed by atoms with Crippen molar-refractivity contribution in [3.05, 3.63) is 30.1 Å². The van der Waals surface area contributed by atoms with Crippen LogP contribution >= 0.6 is 0 Å². The highest BCUT2D eigenvalue weighted by Gasteiger charge is 2.10. The Bertz CT molecular complexity index is 311. The summed E-state index contributed by atoms with van der Waals surface area (Å²) in [5, 5.41) is 3.39. The summed E-state index contributed by atoms with van der Waals surface area (Å²) in [6.45, 7) is 6.63. The molecule has 0 aliphatic heterocycles. The molecule has 0 aromatic heterocycles. The van der Waals surface area contributed by atoms with Crippen molar-refractivity contribution in [2.75, 3.05) is 5.32 Å². The normalized spacial score (nSPS) is 14.5. The Labute approximate surface area is 98.1 Å². The van der Waals surface area contributed by atoms with Crippen LogP contribution in [0.2, 0.25) is 0 Å². The molecular weight excluding hydrogens is 201 g/mol. The molecule has 1 aromatic rings. The molecule has 0 heterocycles. The molecule has 1 N–H and O–H groups in total. The fourth-order valence-electron chi connectivity index (χ4n) is 1.79. The molecule has 0 amide bonds. The van der Waals surface area contributed by atoms with Crippen molar-refractivity contribution in [3.63, 3.8) is 0 Å². The molecule has 90 valence electrons. The van der Waals surface area contributed by atoms with Crippen molar-refractivity contribution >= 4 is 5.69 Å². The SMILES string of the molecule is CCC(C)CC(CC)Nc1cccc(F)c1. The largest absolute Gasteiger partial charge is 0.382 e.